The molecule has 0 aliphatic carbocycles. The van der Waals surface area contributed by atoms with Crippen molar-refractivity contribution in [2.24, 2.45) is 0 Å². The highest BCUT2D eigenvalue weighted by Crippen LogP contribution is 2.07. The number of carbonyl (C=O) groups is 2. The summed E-state index contributed by atoms with van der Waals surface area (Å²) in [6.45, 7) is -0.338. The molecule has 2 N–H and O–H groups in total. The van der Waals surface area contributed by atoms with Crippen molar-refractivity contribution in [3.05, 3.63) is 100 Å². The number of benzene rings is 2. The van der Waals surface area contributed by atoms with Crippen molar-refractivity contribution in [1.29, 1.82) is 0 Å². The molecule has 26 heavy (non-hydrogen) atoms. The molecule has 0 spiro atoms. The van der Waals surface area contributed by atoms with Gasteiger partial charge in [0, 0.05) is 17.2 Å². The Balaban J connectivity index is 0.000000209. The number of carbonyl (C=O) groups excluding carboxylic acids is 2. The van der Waals surface area contributed by atoms with Gasteiger partial charge < -0.3 is 14.6 Å². The standard InChI is InChI=1S/C14H10O2.C6H6O4/c15-13(11-7-3-1-4-8-11)14(16)12-9-5-2-6-10-12;7-2-4-1-5(8)6(9)3-10-4/h1-10H;1,3,7,9H,2H2. The molecule has 0 aliphatic heterocycles. The van der Waals surface area contributed by atoms with Crippen molar-refractivity contribution in [3.63, 3.8) is 0 Å². The second-order valence-corrected chi connectivity index (χ2v) is 5.14. The molecule has 6 heteroatoms. The molecular weight excluding hydrogens is 336 g/mol. The minimum Gasteiger partial charge on any atom is -0.502 e. The van der Waals surface area contributed by atoms with Crippen LogP contribution in [0.3, 0.4) is 0 Å². The number of ketones is 2. The Morgan fingerprint density at radius 2 is 1.31 bits per heavy atom. The first kappa shape index (κ1) is 18.8. The highest BCUT2D eigenvalue weighted by atomic mass is 16.4. The Hall–Kier alpha value is -3.51. The number of Topliss-reactive ketones (excluding diaryl/α,β-unsaturated/α-hetero) is 2. The Kier molecular flexibility index (Phi) is 6.59. The molecule has 0 atom stereocenters. The van der Waals surface area contributed by atoms with Gasteiger partial charge in [-0.25, -0.2) is 0 Å². The molecule has 0 unspecified atom stereocenters. The van der Waals surface area contributed by atoms with Crippen LogP contribution in [0.1, 0.15) is 26.5 Å². The van der Waals surface area contributed by atoms with Crippen LogP contribution >= 0.6 is 0 Å². The summed E-state index contributed by atoms with van der Waals surface area (Å²) in [4.78, 5) is 34.2. The molecule has 0 bridgehead atoms. The molecule has 1 aromatic heterocycles. The summed E-state index contributed by atoms with van der Waals surface area (Å²) in [5.74, 6) is -1.24. The lowest BCUT2D eigenvalue weighted by atomic mass is 10.0. The lowest BCUT2D eigenvalue weighted by Crippen LogP contribution is -2.14. The first-order chi connectivity index (χ1) is 12.5. The number of hydrogen-bond acceptors (Lipinski definition) is 6. The number of hydrogen-bond donors (Lipinski definition) is 2. The topological polar surface area (TPSA) is 105 Å². The Labute approximate surface area is 149 Å². The molecule has 2 aromatic carbocycles. The molecule has 0 fully saturated rings. The van der Waals surface area contributed by atoms with E-state index in [0.29, 0.717) is 11.1 Å². The minimum atomic E-state index is -0.546. The van der Waals surface area contributed by atoms with Crippen LogP contribution in [-0.2, 0) is 6.61 Å². The molecule has 0 aliphatic rings. The van der Waals surface area contributed by atoms with Gasteiger partial charge in [0.25, 0.3) is 0 Å². The van der Waals surface area contributed by atoms with Crippen LogP contribution in [0.25, 0.3) is 0 Å². The van der Waals surface area contributed by atoms with E-state index in [4.69, 9.17) is 10.2 Å². The molecule has 3 aromatic rings. The molecule has 0 radical (unpaired) electrons. The van der Waals surface area contributed by atoms with Gasteiger partial charge in [-0.2, -0.15) is 0 Å². The van der Waals surface area contributed by atoms with Crippen LogP contribution in [0.2, 0.25) is 0 Å². The highest BCUT2D eigenvalue weighted by Gasteiger charge is 2.17. The van der Waals surface area contributed by atoms with Gasteiger partial charge in [-0.3, -0.25) is 14.4 Å². The van der Waals surface area contributed by atoms with E-state index in [-0.39, 0.29) is 12.4 Å². The van der Waals surface area contributed by atoms with E-state index in [1.807, 2.05) is 12.1 Å². The van der Waals surface area contributed by atoms with E-state index in [2.05, 4.69) is 4.42 Å². The normalized spacial score (nSPS) is 9.73. The Morgan fingerprint density at radius 1 is 0.846 bits per heavy atom. The number of aliphatic hydroxyl groups excluding tert-OH is 1. The molecule has 0 saturated carbocycles. The zero-order valence-corrected chi connectivity index (χ0v) is 13.7. The van der Waals surface area contributed by atoms with E-state index in [1.54, 1.807) is 48.5 Å². The maximum absolute atomic E-state index is 11.8. The van der Waals surface area contributed by atoms with Crippen molar-refractivity contribution in [2.75, 3.05) is 0 Å². The van der Waals surface area contributed by atoms with E-state index < -0.39 is 22.7 Å². The zero-order valence-electron chi connectivity index (χ0n) is 13.7. The predicted molar refractivity (Wildman–Crippen MR) is 94.1 cm³/mol. The summed E-state index contributed by atoms with van der Waals surface area (Å²) in [5, 5.41) is 17.1. The van der Waals surface area contributed by atoms with Crippen LogP contribution in [0.15, 0.2) is 82.2 Å². The van der Waals surface area contributed by atoms with E-state index in [9.17, 15) is 14.4 Å². The number of aliphatic hydroxyl groups is 1. The zero-order chi connectivity index (χ0) is 18.9. The van der Waals surface area contributed by atoms with Crippen LogP contribution in [0.4, 0.5) is 0 Å². The third kappa shape index (κ3) is 4.99. The van der Waals surface area contributed by atoms with Crippen LogP contribution in [0.5, 0.6) is 5.75 Å². The average molecular weight is 352 g/mol. The van der Waals surface area contributed by atoms with E-state index >= 15 is 0 Å². The maximum Gasteiger partial charge on any atom is 0.233 e. The summed E-state index contributed by atoms with van der Waals surface area (Å²) >= 11 is 0. The van der Waals surface area contributed by atoms with Crippen molar-refractivity contribution >= 4 is 11.6 Å². The van der Waals surface area contributed by atoms with Gasteiger partial charge in [0.1, 0.15) is 18.6 Å². The van der Waals surface area contributed by atoms with Crippen molar-refractivity contribution in [2.45, 2.75) is 6.61 Å². The third-order valence-electron chi connectivity index (χ3n) is 3.30. The number of aromatic hydroxyl groups is 1. The molecular formula is C20H16O6. The molecule has 3 rings (SSSR count). The third-order valence-corrected chi connectivity index (χ3v) is 3.30. The highest BCUT2D eigenvalue weighted by molar-refractivity contribution is 6.49. The smallest absolute Gasteiger partial charge is 0.233 e. The fraction of sp³-hybridized carbons (Fsp3) is 0.0500. The second-order valence-electron chi connectivity index (χ2n) is 5.14. The molecule has 1 heterocycles. The van der Waals surface area contributed by atoms with Crippen LogP contribution in [0, 0.1) is 0 Å². The summed E-state index contributed by atoms with van der Waals surface area (Å²) in [6, 6.07) is 18.2. The van der Waals surface area contributed by atoms with Crippen LogP contribution < -0.4 is 5.43 Å². The van der Waals surface area contributed by atoms with Gasteiger partial charge in [0.2, 0.25) is 17.0 Å². The van der Waals surface area contributed by atoms with Crippen molar-refractivity contribution in [3.8, 4) is 5.75 Å². The lowest BCUT2D eigenvalue weighted by molar-refractivity contribution is 0.0817. The van der Waals surface area contributed by atoms with Gasteiger partial charge in [0.15, 0.2) is 5.75 Å². The molecule has 132 valence electrons. The summed E-state index contributed by atoms with van der Waals surface area (Å²) in [5.41, 5.74) is 0.308. The fourth-order valence-electron chi connectivity index (χ4n) is 1.97. The predicted octanol–water partition coefficient (Wildman–Crippen LogP) is 2.59. The molecule has 0 saturated heterocycles. The fourth-order valence-corrected chi connectivity index (χ4v) is 1.97. The summed E-state index contributed by atoms with van der Waals surface area (Å²) < 4.78 is 4.59. The first-order valence-corrected chi connectivity index (χ1v) is 7.63. The Bertz CT molecular complexity index is 880. The SMILES string of the molecule is O=C(C(=O)c1ccccc1)c1ccccc1.O=c1cc(CO)occ1O. The van der Waals surface area contributed by atoms with Gasteiger partial charge in [-0.15, -0.1) is 0 Å². The number of rotatable bonds is 4. The minimum absolute atomic E-state index is 0.141. The molecule has 6 nitrogen and oxygen atoms in total. The monoisotopic (exact) mass is 352 g/mol. The quantitative estimate of drug-likeness (QED) is 0.552. The average Bonchev–Trinajstić information content (AvgIpc) is 2.70. The van der Waals surface area contributed by atoms with Gasteiger partial charge >= 0.3 is 0 Å². The van der Waals surface area contributed by atoms with E-state index in [1.165, 1.54) is 0 Å². The largest absolute Gasteiger partial charge is 0.502 e. The van der Waals surface area contributed by atoms with E-state index in [0.717, 1.165) is 12.3 Å². The second kappa shape index (κ2) is 9.10. The Morgan fingerprint density at radius 3 is 1.69 bits per heavy atom. The van der Waals surface area contributed by atoms with Gasteiger partial charge in [-0.05, 0) is 0 Å². The lowest BCUT2D eigenvalue weighted by Gasteiger charge is -1.99. The summed E-state index contributed by atoms with van der Waals surface area (Å²) in [7, 11) is 0. The van der Waals surface area contributed by atoms with Crippen molar-refractivity contribution < 1.29 is 24.2 Å². The van der Waals surface area contributed by atoms with Gasteiger partial charge in [-0.1, -0.05) is 60.7 Å². The first-order valence-electron chi connectivity index (χ1n) is 7.63. The van der Waals surface area contributed by atoms with Gasteiger partial charge in [0.05, 0.1) is 0 Å². The van der Waals surface area contributed by atoms with Crippen molar-refractivity contribution in [1.82, 2.24) is 0 Å². The van der Waals surface area contributed by atoms with Crippen LogP contribution in [-0.4, -0.2) is 21.8 Å². The molecule has 0 amide bonds. The summed E-state index contributed by atoms with van der Waals surface area (Å²) in [6.07, 6.45) is 0.897. The maximum atomic E-state index is 11.8.